The SMILES string of the molecule is COc1ccc(C=CC2=CCN(CCc3ccccc3)CC2)cc1. The molecule has 24 heavy (non-hydrogen) atoms. The van der Waals surface area contributed by atoms with Crippen LogP contribution in [0.2, 0.25) is 0 Å². The summed E-state index contributed by atoms with van der Waals surface area (Å²) in [5.74, 6) is 0.901. The summed E-state index contributed by atoms with van der Waals surface area (Å²) in [6.45, 7) is 3.33. The van der Waals surface area contributed by atoms with Crippen molar-refractivity contribution in [1.29, 1.82) is 0 Å². The molecule has 0 aliphatic carbocycles. The zero-order chi connectivity index (χ0) is 16.6. The van der Waals surface area contributed by atoms with Crippen LogP contribution < -0.4 is 4.74 Å². The van der Waals surface area contributed by atoms with Gasteiger partial charge in [-0.3, -0.25) is 4.90 Å². The van der Waals surface area contributed by atoms with Crippen molar-refractivity contribution in [3.05, 3.63) is 83.4 Å². The number of rotatable bonds is 6. The summed E-state index contributed by atoms with van der Waals surface area (Å²) in [4.78, 5) is 2.53. The van der Waals surface area contributed by atoms with Gasteiger partial charge in [0.2, 0.25) is 0 Å². The van der Waals surface area contributed by atoms with E-state index in [1.165, 1.54) is 16.7 Å². The van der Waals surface area contributed by atoms with Gasteiger partial charge in [0.1, 0.15) is 5.75 Å². The van der Waals surface area contributed by atoms with E-state index in [1.54, 1.807) is 7.11 Å². The molecular formula is C22H25NO. The lowest BCUT2D eigenvalue weighted by molar-refractivity contribution is 0.299. The van der Waals surface area contributed by atoms with Crippen molar-refractivity contribution in [2.75, 3.05) is 26.7 Å². The van der Waals surface area contributed by atoms with Gasteiger partial charge in [0.05, 0.1) is 7.11 Å². The molecule has 0 atom stereocenters. The Morgan fingerprint density at radius 3 is 2.46 bits per heavy atom. The van der Waals surface area contributed by atoms with Gasteiger partial charge in [0.25, 0.3) is 0 Å². The van der Waals surface area contributed by atoms with Crippen LogP contribution in [0.4, 0.5) is 0 Å². The number of nitrogens with zero attached hydrogens (tertiary/aromatic N) is 1. The van der Waals surface area contributed by atoms with E-state index in [2.05, 4.69) is 65.6 Å². The van der Waals surface area contributed by atoms with Gasteiger partial charge < -0.3 is 4.74 Å². The van der Waals surface area contributed by atoms with Gasteiger partial charge in [-0.15, -0.1) is 0 Å². The topological polar surface area (TPSA) is 12.5 Å². The molecule has 2 aromatic rings. The molecule has 0 amide bonds. The first-order valence-corrected chi connectivity index (χ1v) is 8.61. The van der Waals surface area contributed by atoms with Gasteiger partial charge in [-0.1, -0.05) is 60.7 Å². The Kier molecular flexibility index (Phi) is 5.86. The molecule has 124 valence electrons. The van der Waals surface area contributed by atoms with Crippen LogP contribution in [0.1, 0.15) is 17.5 Å². The number of allylic oxidation sites excluding steroid dienone is 1. The minimum Gasteiger partial charge on any atom is -0.497 e. The lowest BCUT2D eigenvalue weighted by atomic mass is 10.1. The van der Waals surface area contributed by atoms with Crippen LogP contribution in [0.15, 0.2) is 72.3 Å². The Labute approximate surface area is 145 Å². The standard InChI is InChI=1S/C22H25NO/c1-24-22-11-9-20(10-12-22)7-8-21-14-17-23(18-15-21)16-13-19-5-3-2-4-6-19/h2-12,14H,13,15-18H2,1H3. The van der Waals surface area contributed by atoms with Gasteiger partial charge in [0.15, 0.2) is 0 Å². The number of ether oxygens (including phenoxy) is 1. The second-order valence-electron chi connectivity index (χ2n) is 6.17. The first-order chi connectivity index (χ1) is 11.8. The lowest BCUT2D eigenvalue weighted by Crippen LogP contribution is -2.30. The van der Waals surface area contributed by atoms with Crippen molar-refractivity contribution in [2.24, 2.45) is 0 Å². The van der Waals surface area contributed by atoms with Crippen LogP contribution in [0.5, 0.6) is 5.75 Å². The van der Waals surface area contributed by atoms with E-state index in [0.717, 1.165) is 38.2 Å². The number of hydrogen-bond donors (Lipinski definition) is 0. The maximum absolute atomic E-state index is 5.19. The van der Waals surface area contributed by atoms with Gasteiger partial charge in [-0.05, 0) is 41.7 Å². The average Bonchev–Trinajstić information content (AvgIpc) is 2.67. The van der Waals surface area contributed by atoms with Crippen LogP contribution >= 0.6 is 0 Å². The van der Waals surface area contributed by atoms with Gasteiger partial charge >= 0.3 is 0 Å². The molecular weight excluding hydrogens is 294 g/mol. The van der Waals surface area contributed by atoms with E-state index in [0.29, 0.717) is 0 Å². The molecule has 0 unspecified atom stereocenters. The highest BCUT2D eigenvalue weighted by molar-refractivity contribution is 5.54. The third kappa shape index (κ3) is 4.84. The fourth-order valence-corrected chi connectivity index (χ4v) is 2.93. The van der Waals surface area contributed by atoms with Gasteiger partial charge in [-0.25, -0.2) is 0 Å². The predicted molar refractivity (Wildman–Crippen MR) is 101 cm³/mol. The Hall–Kier alpha value is -2.32. The normalized spacial score (nSPS) is 15.5. The van der Waals surface area contributed by atoms with E-state index in [4.69, 9.17) is 4.74 Å². The van der Waals surface area contributed by atoms with Gasteiger partial charge in [-0.2, -0.15) is 0 Å². The molecule has 1 aliphatic heterocycles. The zero-order valence-electron chi connectivity index (χ0n) is 14.3. The lowest BCUT2D eigenvalue weighted by Gasteiger charge is -2.25. The molecule has 0 radical (unpaired) electrons. The minimum absolute atomic E-state index is 0.901. The Bertz CT molecular complexity index is 686. The number of benzene rings is 2. The van der Waals surface area contributed by atoms with Crippen LogP contribution in [0.25, 0.3) is 6.08 Å². The van der Waals surface area contributed by atoms with Crippen LogP contribution in [-0.4, -0.2) is 31.6 Å². The van der Waals surface area contributed by atoms with Gasteiger partial charge in [0, 0.05) is 19.6 Å². The molecule has 2 nitrogen and oxygen atoms in total. The fourth-order valence-electron chi connectivity index (χ4n) is 2.93. The molecule has 0 N–H and O–H groups in total. The number of methoxy groups -OCH3 is 1. The highest BCUT2D eigenvalue weighted by atomic mass is 16.5. The summed E-state index contributed by atoms with van der Waals surface area (Å²) in [5.41, 5.74) is 4.07. The zero-order valence-corrected chi connectivity index (χ0v) is 14.3. The van der Waals surface area contributed by atoms with Crippen molar-refractivity contribution in [3.63, 3.8) is 0 Å². The molecule has 1 heterocycles. The summed E-state index contributed by atoms with van der Waals surface area (Å²) >= 11 is 0. The highest BCUT2D eigenvalue weighted by Crippen LogP contribution is 2.16. The van der Waals surface area contributed by atoms with Crippen molar-refractivity contribution in [1.82, 2.24) is 4.90 Å². The highest BCUT2D eigenvalue weighted by Gasteiger charge is 2.09. The molecule has 0 bridgehead atoms. The summed E-state index contributed by atoms with van der Waals surface area (Å²) in [6.07, 6.45) is 9.04. The Balaban J connectivity index is 1.48. The largest absolute Gasteiger partial charge is 0.497 e. The summed E-state index contributed by atoms with van der Waals surface area (Å²) in [5, 5.41) is 0. The predicted octanol–water partition coefficient (Wildman–Crippen LogP) is 4.58. The molecule has 1 aliphatic rings. The Morgan fingerprint density at radius 2 is 1.79 bits per heavy atom. The second kappa shape index (κ2) is 8.51. The summed E-state index contributed by atoms with van der Waals surface area (Å²) in [6, 6.07) is 18.9. The van der Waals surface area contributed by atoms with Crippen molar-refractivity contribution < 1.29 is 4.74 Å². The molecule has 2 heteroatoms. The maximum Gasteiger partial charge on any atom is 0.118 e. The smallest absolute Gasteiger partial charge is 0.118 e. The third-order valence-electron chi connectivity index (χ3n) is 4.49. The molecule has 2 aromatic carbocycles. The maximum atomic E-state index is 5.19. The van der Waals surface area contributed by atoms with Crippen molar-refractivity contribution >= 4 is 6.08 Å². The van der Waals surface area contributed by atoms with E-state index in [-0.39, 0.29) is 0 Å². The average molecular weight is 319 g/mol. The third-order valence-corrected chi connectivity index (χ3v) is 4.49. The molecule has 0 aromatic heterocycles. The molecule has 0 spiro atoms. The fraction of sp³-hybridized carbons (Fsp3) is 0.273. The molecule has 0 saturated carbocycles. The summed E-state index contributed by atoms with van der Waals surface area (Å²) < 4.78 is 5.19. The molecule has 0 saturated heterocycles. The first-order valence-electron chi connectivity index (χ1n) is 8.61. The monoisotopic (exact) mass is 319 g/mol. The minimum atomic E-state index is 0.901. The molecule has 0 fully saturated rings. The van der Waals surface area contributed by atoms with Crippen molar-refractivity contribution in [2.45, 2.75) is 12.8 Å². The van der Waals surface area contributed by atoms with Crippen molar-refractivity contribution in [3.8, 4) is 5.75 Å². The van der Waals surface area contributed by atoms with Crippen LogP contribution in [0, 0.1) is 0 Å². The van der Waals surface area contributed by atoms with E-state index in [1.807, 2.05) is 12.1 Å². The second-order valence-corrected chi connectivity index (χ2v) is 6.17. The first kappa shape index (κ1) is 16.5. The van der Waals surface area contributed by atoms with E-state index in [9.17, 15) is 0 Å². The quantitative estimate of drug-likeness (QED) is 0.772. The van der Waals surface area contributed by atoms with E-state index < -0.39 is 0 Å². The van der Waals surface area contributed by atoms with Crippen LogP contribution in [0.3, 0.4) is 0 Å². The number of hydrogen-bond acceptors (Lipinski definition) is 2. The molecule has 3 rings (SSSR count). The van der Waals surface area contributed by atoms with Crippen LogP contribution in [-0.2, 0) is 6.42 Å². The summed E-state index contributed by atoms with van der Waals surface area (Å²) in [7, 11) is 1.70. The Morgan fingerprint density at radius 1 is 1.00 bits per heavy atom. The van der Waals surface area contributed by atoms with E-state index >= 15 is 0 Å².